The van der Waals surface area contributed by atoms with Crippen LogP contribution in [0, 0.1) is 0 Å². The van der Waals surface area contributed by atoms with Crippen LogP contribution in [0.2, 0.25) is 0 Å². The standard InChI is InChI=1S/C32H38N6O6S2/c1-22(35-20-45)17-34-31(42)38-28(16-29(39)40)30(41)36-25(14-23-8-4-2-5-9-23)12-13-26(15-24-10-6-3-7-11-24)37-32(43)44-19-27-18-33-21-46-27/h2-11,18,20-21,25-26,28H,1,12-17,19H2,(H,35,45)(H,36,41)(H,37,43)(H,39,40)(H2,34,38,42). The molecular formula is C32H38N6O6S2. The Kier molecular flexibility index (Phi) is 15.1. The third-order valence-electron chi connectivity index (χ3n) is 6.74. The molecule has 6 N–H and O–H groups in total. The maximum atomic E-state index is 13.4. The van der Waals surface area contributed by atoms with Crippen LogP contribution in [0.4, 0.5) is 9.59 Å². The number of benzene rings is 2. The number of rotatable bonds is 19. The van der Waals surface area contributed by atoms with E-state index in [4.69, 9.17) is 17.0 Å². The number of carboxylic acid groups (broad SMARTS) is 1. The number of amides is 4. The summed E-state index contributed by atoms with van der Waals surface area (Å²) >= 11 is 6.08. The van der Waals surface area contributed by atoms with Gasteiger partial charge in [-0.3, -0.25) is 14.6 Å². The highest BCUT2D eigenvalue weighted by Crippen LogP contribution is 2.14. The van der Waals surface area contributed by atoms with E-state index in [1.165, 1.54) is 16.8 Å². The number of nitrogens with one attached hydrogen (secondary N) is 5. The molecule has 0 bridgehead atoms. The number of thiocarbonyl (C=S) groups is 1. The molecule has 0 fully saturated rings. The first kappa shape index (κ1) is 35.7. The smallest absolute Gasteiger partial charge is 0.407 e. The Morgan fingerprint density at radius 1 is 0.935 bits per heavy atom. The minimum absolute atomic E-state index is 0.0134. The van der Waals surface area contributed by atoms with E-state index < -0.39 is 42.5 Å². The van der Waals surface area contributed by atoms with E-state index in [1.807, 2.05) is 60.7 Å². The number of aliphatic carboxylic acids is 1. The van der Waals surface area contributed by atoms with Crippen LogP contribution >= 0.6 is 23.6 Å². The minimum Gasteiger partial charge on any atom is -0.481 e. The first-order chi connectivity index (χ1) is 22.2. The fraction of sp³-hybridized carbons (Fsp3) is 0.312. The maximum Gasteiger partial charge on any atom is 0.407 e. The number of hydrogen-bond donors (Lipinski definition) is 6. The maximum absolute atomic E-state index is 13.4. The molecule has 3 atom stereocenters. The Morgan fingerprint density at radius 3 is 2.09 bits per heavy atom. The zero-order valence-electron chi connectivity index (χ0n) is 25.1. The number of carbonyl (C=O) groups excluding carboxylic acids is 3. The number of ether oxygens (including phenoxy) is 1. The number of aromatic nitrogens is 1. The highest BCUT2D eigenvalue weighted by atomic mass is 32.1. The molecule has 4 amide bonds. The Balaban J connectivity index is 1.71. The van der Waals surface area contributed by atoms with E-state index in [9.17, 15) is 24.3 Å². The SMILES string of the molecule is C=C(CNC(=O)NC(CC(=O)O)C(=O)NC(CCC(Cc1ccccc1)NC(=O)OCc1cncs1)Cc1ccccc1)NC=S. The minimum atomic E-state index is -1.34. The lowest BCUT2D eigenvalue weighted by atomic mass is 9.95. The quantitative estimate of drug-likeness (QED) is 0.104. The number of thiazole rings is 1. The zero-order chi connectivity index (χ0) is 33.1. The predicted octanol–water partition coefficient (Wildman–Crippen LogP) is 3.69. The Labute approximate surface area is 277 Å². The monoisotopic (exact) mass is 666 g/mol. The van der Waals surface area contributed by atoms with Crippen LogP contribution in [-0.4, -0.2) is 64.3 Å². The summed E-state index contributed by atoms with van der Waals surface area (Å²) in [7, 11) is 0. The van der Waals surface area contributed by atoms with Gasteiger partial charge in [-0.25, -0.2) is 9.59 Å². The number of carboxylic acids is 1. The van der Waals surface area contributed by atoms with Crippen molar-refractivity contribution in [2.75, 3.05) is 6.54 Å². The zero-order valence-corrected chi connectivity index (χ0v) is 26.8. The van der Waals surface area contributed by atoms with Crippen molar-refractivity contribution in [2.24, 2.45) is 0 Å². The van der Waals surface area contributed by atoms with Crippen molar-refractivity contribution in [1.29, 1.82) is 0 Å². The molecule has 0 radical (unpaired) electrons. The Hall–Kier alpha value is -4.82. The summed E-state index contributed by atoms with van der Waals surface area (Å²) in [6.07, 6.45) is 2.31. The summed E-state index contributed by atoms with van der Waals surface area (Å²) in [5, 5.41) is 23.0. The van der Waals surface area contributed by atoms with Crippen LogP contribution in [0.3, 0.4) is 0 Å². The molecule has 3 unspecified atom stereocenters. The molecule has 1 aromatic heterocycles. The van der Waals surface area contributed by atoms with Crippen LogP contribution in [-0.2, 0) is 33.8 Å². The first-order valence-electron chi connectivity index (χ1n) is 14.5. The third-order valence-corrected chi connectivity index (χ3v) is 7.61. The molecule has 0 saturated carbocycles. The molecule has 14 heteroatoms. The largest absolute Gasteiger partial charge is 0.481 e. The second kappa shape index (κ2) is 19.5. The molecule has 0 aliphatic rings. The van der Waals surface area contributed by atoms with Gasteiger partial charge in [0.15, 0.2) is 0 Å². The molecule has 12 nitrogen and oxygen atoms in total. The molecular weight excluding hydrogens is 629 g/mol. The van der Waals surface area contributed by atoms with Gasteiger partial charge in [-0.1, -0.05) is 79.5 Å². The lowest BCUT2D eigenvalue weighted by molar-refractivity contribution is -0.139. The fourth-order valence-corrected chi connectivity index (χ4v) is 5.20. The topological polar surface area (TPSA) is 171 Å². The highest BCUT2D eigenvalue weighted by Gasteiger charge is 2.27. The van der Waals surface area contributed by atoms with Crippen molar-refractivity contribution in [3.8, 4) is 0 Å². The Bertz CT molecular complexity index is 1430. The highest BCUT2D eigenvalue weighted by molar-refractivity contribution is 7.78. The average molecular weight is 667 g/mol. The summed E-state index contributed by atoms with van der Waals surface area (Å²) in [5.74, 6) is -1.90. The van der Waals surface area contributed by atoms with Crippen molar-refractivity contribution >= 4 is 53.0 Å². The van der Waals surface area contributed by atoms with Gasteiger partial charge in [0.1, 0.15) is 12.6 Å². The molecule has 1 heterocycles. The molecule has 46 heavy (non-hydrogen) atoms. The molecule has 3 aromatic rings. The van der Waals surface area contributed by atoms with Crippen LogP contribution in [0.1, 0.15) is 35.3 Å². The molecule has 244 valence electrons. The van der Waals surface area contributed by atoms with Gasteiger partial charge in [-0.2, -0.15) is 0 Å². The predicted molar refractivity (Wildman–Crippen MR) is 179 cm³/mol. The lowest BCUT2D eigenvalue weighted by Crippen LogP contribution is -2.53. The summed E-state index contributed by atoms with van der Waals surface area (Å²) in [5.41, 5.74) is 5.28. The van der Waals surface area contributed by atoms with E-state index >= 15 is 0 Å². The van der Waals surface area contributed by atoms with Crippen molar-refractivity contribution in [3.63, 3.8) is 0 Å². The molecule has 0 aliphatic heterocycles. The second-order valence-electron chi connectivity index (χ2n) is 10.4. The molecule has 0 aliphatic carbocycles. The third kappa shape index (κ3) is 13.9. The van der Waals surface area contributed by atoms with E-state index in [-0.39, 0.29) is 19.2 Å². The van der Waals surface area contributed by atoms with Crippen molar-refractivity contribution in [2.45, 2.75) is 56.8 Å². The van der Waals surface area contributed by atoms with Gasteiger partial charge in [0.05, 0.1) is 28.8 Å². The van der Waals surface area contributed by atoms with Gasteiger partial charge in [0, 0.05) is 24.0 Å². The molecule has 3 rings (SSSR count). The lowest BCUT2D eigenvalue weighted by Gasteiger charge is -2.25. The van der Waals surface area contributed by atoms with E-state index in [2.05, 4.69) is 38.1 Å². The number of nitrogens with zero attached hydrogens (tertiary/aromatic N) is 1. The summed E-state index contributed by atoms with van der Waals surface area (Å²) in [6.45, 7) is 3.81. The van der Waals surface area contributed by atoms with Gasteiger partial charge < -0.3 is 36.4 Å². The van der Waals surface area contributed by atoms with Gasteiger partial charge in [0.25, 0.3) is 0 Å². The molecule has 0 spiro atoms. The van der Waals surface area contributed by atoms with E-state index in [1.54, 1.807) is 11.7 Å². The van der Waals surface area contributed by atoms with Crippen LogP contribution in [0.25, 0.3) is 0 Å². The van der Waals surface area contributed by atoms with Gasteiger partial charge >= 0.3 is 18.1 Å². The molecule has 2 aromatic carbocycles. The summed E-state index contributed by atoms with van der Waals surface area (Å²) < 4.78 is 5.41. The van der Waals surface area contributed by atoms with Crippen molar-refractivity contribution in [1.82, 2.24) is 31.6 Å². The van der Waals surface area contributed by atoms with Gasteiger partial charge in [-0.15, -0.1) is 11.3 Å². The van der Waals surface area contributed by atoms with Crippen LogP contribution in [0.5, 0.6) is 0 Å². The number of urea groups is 1. The van der Waals surface area contributed by atoms with E-state index in [0.717, 1.165) is 16.0 Å². The number of hydrogen-bond acceptors (Lipinski definition) is 8. The first-order valence-corrected chi connectivity index (χ1v) is 15.9. The number of carbonyl (C=O) groups is 4. The normalized spacial score (nSPS) is 12.4. The summed E-state index contributed by atoms with van der Waals surface area (Å²) in [4.78, 5) is 55.0. The van der Waals surface area contributed by atoms with Crippen molar-refractivity contribution in [3.05, 3.63) is 101 Å². The van der Waals surface area contributed by atoms with Crippen LogP contribution < -0.4 is 26.6 Å². The average Bonchev–Trinajstić information content (AvgIpc) is 3.56. The fourth-order valence-electron chi connectivity index (χ4n) is 4.52. The van der Waals surface area contributed by atoms with Crippen LogP contribution in [0.15, 0.2) is 84.6 Å². The Morgan fingerprint density at radius 2 is 1.54 bits per heavy atom. The summed E-state index contributed by atoms with van der Waals surface area (Å²) in [6, 6.07) is 16.3. The van der Waals surface area contributed by atoms with Gasteiger partial charge in [0.2, 0.25) is 5.91 Å². The number of alkyl carbamates (subject to hydrolysis) is 1. The second-order valence-corrected chi connectivity index (χ2v) is 11.6. The van der Waals surface area contributed by atoms with E-state index in [0.29, 0.717) is 31.4 Å². The molecule has 0 saturated heterocycles. The van der Waals surface area contributed by atoms with Crippen molar-refractivity contribution < 1.29 is 29.0 Å². The van der Waals surface area contributed by atoms with Gasteiger partial charge in [-0.05, 0) is 36.8 Å².